The van der Waals surface area contributed by atoms with Crippen LogP contribution in [0.3, 0.4) is 0 Å². The second-order valence-corrected chi connectivity index (χ2v) is 6.97. The van der Waals surface area contributed by atoms with E-state index in [-0.39, 0.29) is 17.9 Å². The molecular formula is C25H21N3O6. The number of carbonyl (C=O) groups excluding carboxylic acids is 1. The van der Waals surface area contributed by atoms with Crippen molar-refractivity contribution < 1.29 is 23.9 Å². The van der Waals surface area contributed by atoms with Gasteiger partial charge in [0.2, 0.25) is 0 Å². The van der Waals surface area contributed by atoms with Crippen molar-refractivity contribution >= 4 is 23.4 Å². The molecule has 9 nitrogen and oxygen atoms in total. The van der Waals surface area contributed by atoms with Crippen LogP contribution in [0.1, 0.15) is 11.1 Å². The lowest BCUT2D eigenvalue weighted by atomic mass is 10.1. The van der Waals surface area contributed by atoms with Crippen molar-refractivity contribution in [1.29, 1.82) is 5.26 Å². The first kappa shape index (κ1) is 23.8. The van der Waals surface area contributed by atoms with Gasteiger partial charge in [0.1, 0.15) is 24.0 Å². The van der Waals surface area contributed by atoms with E-state index in [4.69, 9.17) is 14.2 Å². The highest BCUT2D eigenvalue weighted by atomic mass is 16.6. The molecule has 0 radical (unpaired) electrons. The Hall–Kier alpha value is -4.84. The fraction of sp³-hybridized carbons (Fsp3) is 0.120. The van der Waals surface area contributed by atoms with Crippen LogP contribution < -0.4 is 19.5 Å². The zero-order valence-electron chi connectivity index (χ0n) is 18.5. The number of nitro benzene ring substituents is 1. The Kier molecular flexibility index (Phi) is 7.81. The summed E-state index contributed by atoms with van der Waals surface area (Å²) in [6, 6.07) is 19.7. The first-order valence-electron chi connectivity index (χ1n) is 10.0. The number of methoxy groups -OCH3 is 2. The fourth-order valence-corrected chi connectivity index (χ4v) is 2.96. The maximum atomic E-state index is 12.5. The van der Waals surface area contributed by atoms with Gasteiger partial charge in [0.25, 0.3) is 11.6 Å². The molecule has 3 aromatic rings. The van der Waals surface area contributed by atoms with Gasteiger partial charge < -0.3 is 19.5 Å². The summed E-state index contributed by atoms with van der Waals surface area (Å²) in [6.07, 6.45) is 1.45. The van der Waals surface area contributed by atoms with E-state index in [2.05, 4.69) is 5.32 Å². The van der Waals surface area contributed by atoms with Crippen molar-refractivity contribution in [2.45, 2.75) is 6.61 Å². The minimum atomic E-state index is -0.551. The Bertz CT molecular complexity index is 1250. The summed E-state index contributed by atoms with van der Waals surface area (Å²) in [5.74, 6) is 0.949. The van der Waals surface area contributed by atoms with E-state index < -0.39 is 10.8 Å². The zero-order valence-corrected chi connectivity index (χ0v) is 18.5. The van der Waals surface area contributed by atoms with E-state index in [1.165, 1.54) is 25.3 Å². The average molecular weight is 459 g/mol. The number of non-ortho nitro benzene ring substituents is 1. The van der Waals surface area contributed by atoms with Gasteiger partial charge in [-0.3, -0.25) is 14.9 Å². The first-order valence-corrected chi connectivity index (χ1v) is 10.0. The smallest absolute Gasteiger partial charge is 0.269 e. The van der Waals surface area contributed by atoms with E-state index >= 15 is 0 Å². The number of rotatable bonds is 9. The van der Waals surface area contributed by atoms with Crippen LogP contribution in [0, 0.1) is 21.4 Å². The van der Waals surface area contributed by atoms with E-state index in [0.29, 0.717) is 28.5 Å². The zero-order chi connectivity index (χ0) is 24.5. The van der Waals surface area contributed by atoms with Gasteiger partial charge in [-0.2, -0.15) is 5.26 Å². The van der Waals surface area contributed by atoms with Crippen molar-refractivity contribution in [2.75, 3.05) is 19.5 Å². The van der Waals surface area contributed by atoms with Crippen LogP contribution in [0.25, 0.3) is 6.08 Å². The number of nitrogens with one attached hydrogen (secondary N) is 1. The Labute approximate surface area is 196 Å². The van der Waals surface area contributed by atoms with Crippen molar-refractivity contribution in [3.63, 3.8) is 0 Å². The maximum Gasteiger partial charge on any atom is 0.269 e. The predicted molar refractivity (Wildman–Crippen MR) is 126 cm³/mol. The number of nitro groups is 1. The van der Waals surface area contributed by atoms with E-state index in [1.807, 2.05) is 6.07 Å². The summed E-state index contributed by atoms with van der Waals surface area (Å²) in [6.45, 7) is 0.178. The van der Waals surface area contributed by atoms with Gasteiger partial charge in [0, 0.05) is 17.8 Å². The van der Waals surface area contributed by atoms with Crippen LogP contribution in [0.5, 0.6) is 17.2 Å². The average Bonchev–Trinajstić information content (AvgIpc) is 2.86. The Balaban J connectivity index is 1.71. The molecule has 3 aromatic carbocycles. The van der Waals surface area contributed by atoms with Gasteiger partial charge in [0.15, 0.2) is 11.5 Å². The van der Waals surface area contributed by atoms with Crippen LogP contribution in [0.2, 0.25) is 0 Å². The van der Waals surface area contributed by atoms with Gasteiger partial charge in [-0.15, -0.1) is 0 Å². The molecule has 0 atom stereocenters. The fourth-order valence-electron chi connectivity index (χ4n) is 2.96. The number of benzene rings is 3. The van der Waals surface area contributed by atoms with Crippen LogP contribution in [0.15, 0.2) is 72.3 Å². The molecular weight excluding hydrogens is 438 g/mol. The van der Waals surface area contributed by atoms with Gasteiger partial charge in [-0.1, -0.05) is 6.07 Å². The quantitative estimate of drug-likeness (QED) is 0.212. The Morgan fingerprint density at radius 3 is 2.32 bits per heavy atom. The molecule has 3 rings (SSSR count). The molecule has 0 aliphatic carbocycles. The number of nitrogens with zero attached hydrogens (tertiary/aromatic N) is 2. The molecule has 172 valence electrons. The number of hydrogen-bond donors (Lipinski definition) is 1. The molecule has 0 fully saturated rings. The van der Waals surface area contributed by atoms with Gasteiger partial charge >= 0.3 is 0 Å². The van der Waals surface area contributed by atoms with E-state index in [9.17, 15) is 20.2 Å². The van der Waals surface area contributed by atoms with Crippen LogP contribution >= 0.6 is 0 Å². The summed E-state index contributed by atoms with van der Waals surface area (Å²) < 4.78 is 16.2. The lowest BCUT2D eigenvalue weighted by Crippen LogP contribution is -2.13. The SMILES string of the molecule is COc1ccc(NC(=O)/C(C#N)=C/c2ccc(OCc3ccc([N+](=O)[O-])cc3)c(OC)c2)cc1. The summed E-state index contributed by atoms with van der Waals surface area (Å²) in [4.78, 5) is 22.8. The normalized spacial score (nSPS) is 10.7. The Morgan fingerprint density at radius 1 is 1.03 bits per heavy atom. The van der Waals surface area contributed by atoms with Crippen molar-refractivity contribution in [3.05, 3.63) is 93.5 Å². The lowest BCUT2D eigenvalue weighted by Gasteiger charge is -2.12. The molecule has 0 aliphatic rings. The number of anilines is 1. The number of carbonyl (C=O) groups is 1. The summed E-state index contributed by atoms with van der Waals surface area (Å²) in [5.41, 5.74) is 1.76. The second-order valence-electron chi connectivity index (χ2n) is 6.97. The molecule has 34 heavy (non-hydrogen) atoms. The van der Waals surface area contributed by atoms with Crippen molar-refractivity contribution in [3.8, 4) is 23.3 Å². The standard InChI is InChI=1S/C25H21N3O6/c1-32-22-10-6-20(7-11-22)27-25(29)19(15-26)13-18-5-12-23(24(14-18)33-2)34-16-17-3-8-21(9-4-17)28(30)31/h3-14H,16H2,1-2H3,(H,27,29)/b19-13+. The molecule has 0 spiro atoms. The largest absolute Gasteiger partial charge is 0.497 e. The second kappa shape index (κ2) is 11.2. The molecule has 1 amide bonds. The third-order valence-corrected chi connectivity index (χ3v) is 4.75. The third-order valence-electron chi connectivity index (χ3n) is 4.75. The van der Waals surface area contributed by atoms with Crippen molar-refractivity contribution in [2.24, 2.45) is 0 Å². The van der Waals surface area contributed by atoms with Gasteiger partial charge in [0.05, 0.1) is 19.1 Å². The van der Waals surface area contributed by atoms with Crippen LogP contribution in [-0.4, -0.2) is 25.1 Å². The number of amides is 1. The molecule has 0 unspecified atom stereocenters. The van der Waals surface area contributed by atoms with Gasteiger partial charge in [-0.25, -0.2) is 0 Å². The van der Waals surface area contributed by atoms with E-state index in [1.54, 1.807) is 61.7 Å². The molecule has 0 aromatic heterocycles. The molecule has 9 heteroatoms. The topological polar surface area (TPSA) is 124 Å². The van der Waals surface area contributed by atoms with Crippen molar-refractivity contribution in [1.82, 2.24) is 0 Å². The first-order chi connectivity index (χ1) is 16.4. The molecule has 0 heterocycles. The minimum Gasteiger partial charge on any atom is -0.497 e. The third kappa shape index (κ3) is 6.11. The van der Waals surface area contributed by atoms with E-state index in [0.717, 1.165) is 5.56 Å². The summed E-state index contributed by atoms with van der Waals surface area (Å²) in [7, 11) is 3.02. The lowest BCUT2D eigenvalue weighted by molar-refractivity contribution is -0.384. The number of ether oxygens (including phenoxy) is 3. The number of nitriles is 1. The highest BCUT2D eigenvalue weighted by Crippen LogP contribution is 2.30. The molecule has 0 saturated carbocycles. The monoisotopic (exact) mass is 459 g/mol. The van der Waals surface area contributed by atoms with Gasteiger partial charge in [-0.05, 0) is 65.7 Å². The molecule has 0 bridgehead atoms. The summed E-state index contributed by atoms with van der Waals surface area (Å²) in [5, 5.41) is 22.9. The molecule has 0 aliphatic heterocycles. The maximum absolute atomic E-state index is 12.5. The molecule has 0 saturated heterocycles. The summed E-state index contributed by atoms with van der Waals surface area (Å²) >= 11 is 0. The minimum absolute atomic E-state index is 0.00166. The molecule has 1 N–H and O–H groups in total. The highest BCUT2D eigenvalue weighted by Gasteiger charge is 2.12. The highest BCUT2D eigenvalue weighted by molar-refractivity contribution is 6.09. The van der Waals surface area contributed by atoms with Crippen LogP contribution in [0.4, 0.5) is 11.4 Å². The predicted octanol–water partition coefficient (Wildman–Crippen LogP) is 4.74. The number of hydrogen-bond acceptors (Lipinski definition) is 7. The Morgan fingerprint density at radius 2 is 1.74 bits per heavy atom. The van der Waals surface area contributed by atoms with Crippen LogP contribution in [-0.2, 0) is 11.4 Å².